The van der Waals surface area contributed by atoms with Gasteiger partial charge < -0.3 is 5.11 Å². The second-order valence-corrected chi connectivity index (χ2v) is 4.66. The summed E-state index contributed by atoms with van der Waals surface area (Å²) in [6.07, 6.45) is 0.231. The van der Waals surface area contributed by atoms with Crippen molar-refractivity contribution in [2.75, 3.05) is 0 Å². The molecule has 0 unspecified atom stereocenters. The predicted octanol–water partition coefficient (Wildman–Crippen LogP) is 1.67. The highest BCUT2D eigenvalue weighted by atomic mass is 16.4. The van der Waals surface area contributed by atoms with Gasteiger partial charge in [0, 0.05) is 6.42 Å². The van der Waals surface area contributed by atoms with E-state index in [1.165, 1.54) is 27.7 Å². The van der Waals surface area contributed by atoms with Crippen LogP contribution in [-0.4, -0.2) is 22.6 Å². The summed E-state index contributed by atoms with van der Waals surface area (Å²) in [5, 5.41) is 8.90. The van der Waals surface area contributed by atoms with E-state index in [0.29, 0.717) is 0 Å². The minimum atomic E-state index is -1.52. The van der Waals surface area contributed by atoms with E-state index in [4.69, 9.17) is 5.11 Å². The lowest BCUT2D eigenvalue weighted by Crippen LogP contribution is -2.45. The summed E-state index contributed by atoms with van der Waals surface area (Å²) in [5.41, 5.74) is -2.75. The van der Waals surface area contributed by atoms with Crippen molar-refractivity contribution < 1.29 is 19.5 Å². The van der Waals surface area contributed by atoms with E-state index in [1.54, 1.807) is 6.92 Å². The van der Waals surface area contributed by atoms with Crippen LogP contribution >= 0.6 is 0 Å². The molecule has 0 aliphatic heterocycles. The van der Waals surface area contributed by atoms with E-state index in [1.807, 2.05) is 0 Å². The smallest absolute Gasteiger partial charge is 0.316 e. The molecule has 4 nitrogen and oxygen atoms in total. The molecule has 0 heterocycles. The highest BCUT2D eigenvalue weighted by Crippen LogP contribution is 2.31. The Morgan fingerprint density at radius 3 is 1.67 bits per heavy atom. The molecule has 0 saturated heterocycles. The zero-order valence-corrected chi connectivity index (χ0v) is 9.88. The van der Waals surface area contributed by atoms with Gasteiger partial charge in [-0.1, -0.05) is 6.92 Å². The highest BCUT2D eigenvalue weighted by molar-refractivity contribution is 6.14. The molecule has 0 aromatic heterocycles. The number of rotatable bonds is 5. The molecule has 4 heteroatoms. The van der Waals surface area contributed by atoms with E-state index in [2.05, 4.69) is 0 Å². The molecule has 0 saturated carbocycles. The average molecular weight is 214 g/mol. The molecule has 0 atom stereocenters. The molecule has 86 valence electrons. The van der Waals surface area contributed by atoms with Crippen LogP contribution in [-0.2, 0) is 14.4 Å². The van der Waals surface area contributed by atoms with Crippen molar-refractivity contribution in [3.63, 3.8) is 0 Å². The topological polar surface area (TPSA) is 71.4 Å². The number of carbonyl (C=O) groups excluding carboxylic acids is 2. The summed E-state index contributed by atoms with van der Waals surface area (Å²) in [7, 11) is 0. The Bertz CT molecular complexity index is 300. The monoisotopic (exact) mass is 214 g/mol. The van der Waals surface area contributed by atoms with Gasteiger partial charge in [0.15, 0.2) is 5.78 Å². The summed E-state index contributed by atoms with van der Waals surface area (Å²) < 4.78 is 0. The minimum absolute atomic E-state index is 0.231. The van der Waals surface area contributed by atoms with Crippen LogP contribution in [0.4, 0.5) is 0 Å². The van der Waals surface area contributed by atoms with Crippen LogP contribution in [0.5, 0.6) is 0 Å². The average Bonchev–Trinajstić information content (AvgIpc) is 2.14. The second-order valence-electron chi connectivity index (χ2n) is 4.66. The maximum atomic E-state index is 11.9. The van der Waals surface area contributed by atoms with Gasteiger partial charge in [-0.15, -0.1) is 0 Å². The number of ketones is 2. The molecule has 15 heavy (non-hydrogen) atoms. The van der Waals surface area contributed by atoms with Crippen LogP contribution in [0, 0.1) is 10.8 Å². The summed E-state index contributed by atoms with van der Waals surface area (Å²) in [5.74, 6) is -1.99. The summed E-state index contributed by atoms with van der Waals surface area (Å²) in [4.78, 5) is 34.3. The van der Waals surface area contributed by atoms with Gasteiger partial charge in [-0.3, -0.25) is 14.4 Å². The largest absolute Gasteiger partial charge is 0.481 e. The van der Waals surface area contributed by atoms with Gasteiger partial charge in [-0.2, -0.15) is 0 Å². The maximum absolute atomic E-state index is 11.9. The SMILES string of the molecule is CCC(=O)C(C)(C)C(=O)C(C)(C)C(=O)O. The normalized spacial score (nSPS) is 12.3. The van der Waals surface area contributed by atoms with E-state index in [-0.39, 0.29) is 12.2 Å². The molecule has 1 N–H and O–H groups in total. The number of hydrogen-bond acceptors (Lipinski definition) is 3. The molecule has 0 aromatic rings. The zero-order valence-electron chi connectivity index (χ0n) is 9.88. The Morgan fingerprint density at radius 1 is 1.00 bits per heavy atom. The Hall–Kier alpha value is -1.19. The minimum Gasteiger partial charge on any atom is -0.481 e. The molecule has 0 rings (SSSR count). The van der Waals surface area contributed by atoms with Crippen LogP contribution in [0.3, 0.4) is 0 Å². The molecule has 0 aliphatic carbocycles. The van der Waals surface area contributed by atoms with Crippen molar-refractivity contribution in [3.05, 3.63) is 0 Å². The van der Waals surface area contributed by atoms with Gasteiger partial charge in [0.1, 0.15) is 11.2 Å². The molecule has 0 amide bonds. The number of carbonyl (C=O) groups is 3. The Morgan fingerprint density at radius 2 is 1.40 bits per heavy atom. The molecule has 0 aromatic carbocycles. The number of hydrogen-bond donors (Lipinski definition) is 1. The molecule has 0 aliphatic rings. The van der Waals surface area contributed by atoms with Gasteiger partial charge >= 0.3 is 5.97 Å². The standard InChI is InChI=1S/C11H18O4/c1-6-7(12)10(2,3)8(13)11(4,5)9(14)15/h6H2,1-5H3,(H,14,15). The number of aliphatic carboxylic acids is 1. The maximum Gasteiger partial charge on any atom is 0.316 e. The fourth-order valence-electron chi connectivity index (χ4n) is 1.45. The lowest BCUT2D eigenvalue weighted by atomic mass is 9.71. The van der Waals surface area contributed by atoms with Crippen molar-refractivity contribution in [2.45, 2.75) is 41.0 Å². The summed E-state index contributed by atoms with van der Waals surface area (Å²) in [6, 6.07) is 0. The molecular formula is C11H18O4. The van der Waals surface area contributed by atoms with E-state index in [0.717, 1.165) is 0 Å². The van der Waals surface area contributed by atoms with E-state index < -0.39 is 22.6 Å². The van der Waals surface area contributed by atoms with E-state index >= 15 is 0 Å². The van der Waals surface area contributed by atoms with Crippen LogP contribution in [0.15, 0.2) is 0 Å². The third kappa shape index (κ3) is 2.43. The molecule has 0 bridgehead atoms. The first-order chi connectivity index (χ1) is 6.58. The highest BCUT2D eigenvalue weighted by Gasteiger charge is 2.47. The Balaban J connectivity index is 5.18. The van der Waals surface area contributed by atoms with Crippen LogP contribution < -0.4 is 0 Å². The van der Waals surface area contributed by atoms with Gasteiger partial charge in [-0.25, -0.2) is 0 Å². The lowest BCUT2D eigenvalue weighted by molar-refractivity contribution is -0.157. The van der Waals surface area contributed by atoms with Crippen molar-refractivity contribution >= 4 is 17.5 Å². The third-order valence-corrected chi connectivity index (χ3v) is 2.69. The van der Waals surface area contributed by atoms with Crippen LogP contribution in [0.25, 0.3) is 0 Å². The predicted molar refractivity (Wildman–Crippen MR) is 55.5 cm³/mol. The van der Waals surface area contributed by atoms with Gasteiger partial charge in [0.05, 0.1) is 5.41 Å². The first-order valence-corrected chi connectivity index (χ1v) is 4.90. The number of carboxylic acid groups (broad SMARTS) is 1. The van der Waals surface area contributed by atoms with Gasteiger partial charge in [-0.05, 0) is 27.7 Å². The Kier molecular flexibility index (Phi) is 3.80. The van der Waals surface area contributed by atoms with Crippen LogP contribution in [0.1, 0.15) is 41.0 Å². The van der Waals surface area contributed by atoms with Crippen molar-refractivity contribution in [1.82, 2.24) is 0 Å². The van der Waals surface area contributed by atoms with Crippen molar-refractivity contribution in [1.29, 1.82) is 0 Å². The summed E-state index contributed by atoms with van der Waals surface area (Å²) >= 11 is 0. The van der Waals surface area contributed by atoms with Crippen LogP contribution in [0.2, 0.25) is 0 Å². The first kappa shape index (κ1) is 13.8. The fourth-order valence-corrected chi connectivity index (χ4v) is 1.45. The molecular weight excluding hydrogens is 196 g/mol. The first-order valence-electron chi connectivity index (χ1n) is 4.90. The van der Waals surface area contributed by atoms with E-state index in [9.17, 15) is 14.4 Å². The number of Topliss-reactive ketones (excluding diaryl/α,β-unsaturated/α-hetero) is 2. The molecule has 0 fully saturated rings. The third-order valence-electron chi connectivity index (χ3n) is 2.69. The molecule has 0 radical (unpaired) electrons. The number of carboxylic acids is 1. The van der Waals surface area contributed by atoms with Gasteiger partial charge in [0.25, 0.3) is 0 Å². The van der Waals surface area contributed by atoms with Crippen molar-refractivity contribution in [2.24, 2.45) is 10.8 Å². The van der Waals surface area contributed by atoms with Gasteiger partial charge in [0.2, 0.25) is 0 Å². The molecule has 0 spiro atoms. The fraction of sp³-hybridized carbons (Fsp3) is 0.727. The lowest BCUT2D eigenvalue weighted by Gasteiger charge is -2.28. The Labute approximate surface area is 89.7 Å². The summed E-state index contributed by atoms with van der Waals surface area (Å²) in [6.45, 7) is 7.26. The zero-order chi connectivity index (χ0) is 12.4. The second kappa shape index (κ2) is 4.13. The quantitative estimate of drug-likeness (QED) is 0.706. The van der Waals surface area contributed by atoms with Crippen molar-refractivity contribution in [3.8, 4) is 0 Å².